The summed E-state index contributed by atoms with van der Waals surface area (Å²) in [6, 6.07) is -0.219. The van der Waals surface area contributed by atoms with Crippen molar-refractivity contribution in [3.8, 4) is 0 Å². The minimum atomic E-state index is -3.55. The molecule has 0 amide bonds. The second kappa shape index (κ2) is 4.96. The summed E-state index contributed by atoms with van der Waals surface area (Å²) >= 11 is 0. The molecule has 3 heterocycles. The Hall–Kier alpha value is -1.67. The van der Waals surface area contributed by atoms with Gasteiger partial charge in [0.2, 0.25) is 10.0 Å². The molecule has 2 aromatic rings. The zero-order valence-electron chi connectivity index (χ0n) is 12.4. The van der Waals surface area contributed by atoms with Gasteiger partial charge in [0.15, 0.2) is 0 Å². The van der Waals surface area contributed by atoms with Crippen LogP contribution < -0.4 is 0 Å². The van der Waals surface area contributed by atoms with Crippen LogP contribution >= 0.6 is 0 Å². The predicted molar refractivity (Wildman–Crippen MR) is 77.1 cm³/mol. The van der Waals surface area contributed by atoms with Crippen LogP contribution in [0.15, 0.2) is 17.3 Å². The molecule has 0 unspecified atom stereocenters. The molecule has 0 aromatic carbocycles. The standard InChI is InChI=1S/C13H19N5O2S/c1-9-7-14-13(15-9)11-5-4-6-18(11)21(19,20)12-8-17(3)16-10(12)2/h7-8,11H,4-6H2,1-3H3,(H,14,15)/t11-/m0/s1. The van der Waals surface area contributed by atoms with Gasteiger partial charge < -0.3 is 4.98 Å². The van der Waals surface area contributed by atoms with Crippen LogP contribution in [0.5, 0.6) is 0 Å². The second-order valence-corrected chi connectivity index (χ2v) is 7.34. The maximum atomic E-state index is 12.9. The van der Waals surface area contributed by atoms with E-state index in [0.717, 1.165) is 24.4 Å². The molecule has 1 N–H and O–H groups in total. The summed E-state index contributed by atoms with van der Waals surface area (Å²) in [5.41, 5.74) is 1.46. The topological polar surface area (TPSA) is 83.9 Å². The molecule has 21 heavy (non-hydrogen) atoms. The smallest absolute Gasteiger partial charge is 0.247 e. The molecular weight excluding hydrogens is 290 g/mol. The minimum absolute atomic E-state index is 0.219. The molecule has 0 spiro atoms. The van der Waals surface area contributed by atoms with E-state index in [0.29, 0.717) is 12.2 Å². The van der Waals surface area contributed by atoms with E-state index in [1.54, 1.807) is 26.4 Å². The number of nitrogens with one attached hydrogen (secondary N) is 1. The Morgan fingerprint density at radius 1 is 1.38 bits per heavy atom. The first-order chi connectivity index (χ1) is 9.89. The van der Waals surface area contributed by atoms with E-state index in [9.17, 15) is 8.42 Å². The number of H-pyrrole nitrogens is 1. The average Bonchev–Trinajstić information content (AvgIpc) is 3.08. The van der Waals surface area contributed by atoms with Crippen LogP contribution in [0.4, 0.5) is 0 Å². The van der Waals surface area contributed by atoms with Gasteiger partial charge >= 0.3 is 0 Å². The zero-order valence-corrected chi connectivity index (χ0v) is 13.2. The van der Waals surface area contributed by atoms with Crippen molar-refractivity contribution in [2.75, 3.05) is 6.54 Å². The van der Waals surface area contributed by atoms with Crippen LogP contribution in [0.3, 0.4) is 0 Å². The van der Waals surface area contributed by atoms with E-state index in [-0.39, 0.29) is 10.9 Å². The van der Waals surface area contributed by atoms with Crippen molar-refractivity contribution in [2.24, 2.45) is 7.05 Å². The van der Waals surface area contributed by atoms with E-state index < -0.39 is 10.0 Å². The van der Waals surface area contributed by atoms with Gasteiger partial charge in [0, 0.05) is 31.7 Å². The number of hydrogen-bond donors (Lipinski definition) is 1. The molecule has 1 atom stereocenters. The average molecular weight is 309 g/mol. The van der Waals surface area contributed by atoms with Crippen LogP contribution in [0, 0.1) is 13.8 Å². The molecule has 1 fully saturated rings. The largest absolute Gasteiger partial charge is 0.345 e. The molecule has 0 bridgehead atoms. The van der Waals surface area contributed by atoms with Crippen LogP contribution in [0.2, 0.25) is 0 Å². The number of aryl methyl sites for hydroxylation is 3. The molecule has 1 saturated heterocycles. The van der Waals surface area contributed by atoms with Gasteiger partial charge in [0.1, 0.15) is 10.7 Å². The molecule has 0 radical (unpaired) electrons. The number of imidazole rings is 1. The Kier molecular flexibility index (Phi) is 3.37. The summed E-state index contributed by atoms with van der Waals surface area (Å²) in [6.07, 6.45) is 4.91. The summed E-state index contributed by atoms with van der Waals surface area (Å²) in [6.45, 7) is 4.14. The second-order valence-electron chi connectivity index (χ2n) is 5.48. The van der Waals surface area contributed by atoms with E-state index in [4.69, 9.17) is 0 Å². The van der Waals surface area contributed by atoms with Gasteiger partial charge in [-0.2, -0.15) is 9.40 Å². The van der Waals surface area contributed by atoms with Crippen molar-refractivity contribution in [3.05, 3.63) is 29.6 Å². The van der Waals surface area contributed by atoms with E-state index >= 15 is 0 Å². The van der Waals surface area contributed by atoms with Crippen LogP contribution in [0.25, 0.3) is 0 Å². The monoisotopic (exact) mass is 309 g/mol. The molecule has 2 aromatic heterocycles. The highest BCUT2D eigenvalue weighted by atomic mass is 32.2. The Bertz CT molecular complexity index is 761. The predicted octanol–water partition coefficient (Wildman–Crippen LogP) is 1.29. The highest BCUT2D eigenvalue weighted by molar-refractivity contribution is 7.89. The zero-order chi connectivity index (χ0) is 15.2. The molecular formula is C13H19N5O2S. The number of nitrogens with zero attached hydrogens (tertiary/aromatic N) is 4. The lowest BCUT2D eigenvalue weighted by molar-refractivity contribution is 0.384. The maximum absolute atomic E-state index is 12.9. The molecule has 0 aliphatic carbocycles. The number of aromatic amines is 1. The Morgan fingerprint density at radius 2 is 2.14 bits per heavy atom. The number of sulfonamides is 1. The number of aromatic nitrogens is 4. The molecule has 1 aliphatic rings. The summed E-state index contributed by atoms with van der Waals surface area (Å²) < 4.78 is 28.8. The van der Waals surface area contributed by atoms with Gasteiger partial charge in [0.05, 0.1) is 11.7 Å². The van der Waals surface area contributed by atoms with Gasteiger partial charge in [-0.3, -0.25) is 4.68 Å². The Morgan fingerprint density at radius 3 is 2.71 bits per heavy atom. The molecule has 8 heteroatoms. The first-order valence-corrected chi connectivity index (χ1v) is 8.37. The summed E-state index contributed by atoms with van der Waals surface area (Å²) in [5.74, 6) is 0.718. The first-order valence-electron chi connectivity index (χ1n) is 6.93. The molecule has 0 saturated carbocycles. The number of rotatable bonds is 3. The molecule has 114 valence electrons. The SMILES string of the molecule is Cc1cnc([C@@H]2CCCN2S(=O)(=O)c2cn(C)nc2C)[nH]1. The third-order valence-corrected chi connectivity index (χ3v) is 5.81. The van der Waals surface area contributed by atoms with Crippen LogP contribution in [-0.4, -0.2) is 39.0 Å². The van der Waals surface area contributed by atoms with Crippen molar-refractivity contribution >= 4 is 10.0 Å². The molecule has 7 nitrogen and oxygen atoms in total. The minimum Gasteiger partial charge on any atom is -0.345 e. The Balaban J connectivity index is 2.00. The lowest BCUT2D eigenvalue weighted by Crippen LogP contribution is -2.31. The molecule has 1 aliphatic heterocycles. The lowest BCUT2D eigenvalue weighted by atomic mass is 10.2. The quantitative estimate of drug-likeness (QED) is 0.926. The highest BCUT2D eigenvalue weighted by Crippen LogP contribution is 2.35. The van der Waals surface area contributed by atoms with E-state index in [1.807, 2.05) is 6.92 Å². The summed E-state index contributed by atoms with van der Waals surface area (Å²) in [7, 11) is -1.82. The van der Waals surface area contributed by atoms with Gasteiger partial charge in [-0.05, 0) is 26.7 Å². The van der Waals surface area contributed by atoms with Crippen LogP contribution in [0.1, 0.15) is 36.1 Å². The third kappa shape index (κ3) is 2.38. The third-order valence-electron chi connectivity index (χ3n) is 3.80. The Labute approximate surface area is 124 Å². The van der Waals surface area contributed by atoms with Crippen molar-refractivity contribution in [1.29, 1.82) is 0 Å². The van der Waals surface area contributed by atoms with Crippen molar-refractivity contribution in [3.63, 3.8) is 0 Å². The van der Waals surface area contributed by atoms with E-state index in [2.05, 4.69) is 15.1 Å². The normalized spacial score (nSPS) is 20.2. The first kappa shape index (κ1) is 14.3. The fourth-order valence-corrected chi connectivity index (χ4v) is 4.72. The summed E-state index contributed by atoms with van der Waals surface area (Å²) in [4.78, 5) is 7.73. The van der Waals surface area contributed by atoms with Gasteiger partial charge in [0.25, 0.3) is 0 Å². The van der Waals surface area contributed by atoms with Gasteiger partial charge in [-0.1, -0.05) is 0 Å². The van der Waals surface area contributed by atoms with E-state index in [1.165, 1.54) is 8.99 Å². The fraction of sp³-hybridized carbons (Fsp3) is 0.538. The summed E-state index contributed by atoms with van der Waals surface area (Å²) in [5, 5.41) is 4.14. The van der Waals surface area contributed by atoms with Crippen LogP contribution in [-0.2, 0) is 17.1 Å². The number of hydrogen-bond acceptors (Lipinski definition) is 4. The van der Waals surface area contributed by atoms with Crippen molar-refractivity contribution in [1.82, 2.24) is 24.1 Å². The van der Waals surface area contributed by atoms with Crippen molar-refractivity contribution in [2.45, 2.75) is 37.6 Å². The van der Waals surface area contributed by atoms with Gasteiger partial charge in [-0.15, -0.1) is 0 Å². The van der Waals surface area contributed by atoms with Crippen molar-refractivity contribution < 1.29 is 8.42 Å². The highest BCUT2D eigenvalue weighted by Gasteiger charge is 2.39. The maximum Gasteiger partial charge on any atom is 0.247 e. The molecule has 3 rings (SSSR count). The fourth-order valence-electron chi connectivity index (χ4n) is 2.86. The van der Waals surface area contributed by atoms with Gasteiger partial charge in [-0.25, -0.2) is 13.4 Å². The lowest BCUT2D eigenvalue weighted by Gasteiger charge is -2.22.